The lowest BCUT2D eigenvalue weighted by Gasteiger charge is -2.09. The number of rotatable bonds is 4. The van der Waals surface area contributed by atoms with Crippen LogP contribution in [0.3, 0.4) is 0 Å². The second-order valence-corrected chi connectivity index (χ2v) is 3.11. The maximum absolute atomic E-state index is 5.55. The molecular formula is C10H13N5O. The largest absolute Gasteiger partial charge is 0.492 e. The fourth-order valence-corrected chi connectivity index (χ4v) is 1.43. The maximum Gasteiger partial charge on any atom is 0.170 e. The molecule has 0 fully saturated rings. The summed E-state index contributed by atoms with van der Waals surface area (Å²) in [4.78, 5) is 0. The van der Waals surface area contributed by atoms with E-state index < -0.39 is 0 Å². The van der Waals surface area contributed by atoms with Gasteiger partial charge in [-0.15, -0.1) is 5.10 Å². The van der Waals surface area contributed by atoms with Crippen LogP contribution in [-0.2, 0) is 6.54 Å². The predicted molar refractivity (Wildman–Crippen MR) is 58.2 cm³/mol. The van der Waals surface area contributed by atoms with E-state index in [0.29, 0.717) is 12.4 Å². The van der Waals surface area contributed by atoms with Crippen molar-refractivity contribution in [3.8, 4) is 11.4 Å². The molecule has 1 aromatic heterocycles. The fourth-order valence-electron chi connectivity index (χ4n) is 1.43. The summed E-state index contributed by atoms with van der Waals surface area (Å²) >= 11 is 0. The molecule has 0 bridgehead atoms. The van der Waals surface area contributed by atoms with Gasteiger partial charge in [0.1, 0.15) is 11.4 Å². The van der Waals surface area contributed by atoms with Gasteiger partial charge in [0.05, 0.1) is 13.2 Å². The number of para-hydroxylation sites is 2. The molecule has 0 aliphatic carbocycles. The van der Waals surface area contributed by atoms with Crippen molar-refractivity contribution in [3.63, 3.8) is 0 Å². The second kappa shape index (κ2) is 4.71. The number of tetrazole rings is 1. The van der Waals surface area contributed by atoms with E-state index in [4.69, 9.17) is 10.5 Å². The molecule has 0 aliphatic rings. The second-order valence-electron chi connectivity index (χ2n) is 3.11. The molecule has 0 saturated carbocycles. The van der Waals surface area contributed by atoms with Crippen LogP contribution in [0.15, 0.2) is 24.3 Å². The van der Waals surface area contributed by atoms with E-state index in [0.717, 1.165) is 11.4 Å². The number of hydrogen-bond acceptors (Lipinski definition) is 5. The van der Waals surface area contributed by atoms with Gasteiger partial charge in [-0.25, -0.2) is 0 Å². The zero-order chi connectivity index (χ0) is 11.4. The highest BCUT2D eigenvalue weighted by Crippen LogP contribution is 2.22. The van der Waals surface area contributed by atoms with Crippen LogP contribution in [0.5, 0.6) is 5.75 Å². The standard InChI is InChI=1S/C10H13N5O/c1-2-16-9-6-4-3-5-8(9)15-10(7-11)12-13-14-15/h3-6H,2,7,11H2,1H3. The van der Waals surface area contributed by atoms with Crippen LogP contribution in [-0.4, -0.2) is 26.8 Å². The minimum atomic E-state index is 0.285. The molecule has 0 unspecified atom stereocenters. The first-order valence-electron chi connectivity index (χ1n) is 5.06. The molecule has 0 radical (unpaired) electrons. The number of nitrogens with zero attached hydrogens (tertiary/aromatic N) is 4. The quantitative estimate of drug-likeness (QED) is 0.811. The number of hydrogen-bond donors (Lipinski definition) is 1. The van der Waals surface area contributed by atoms with Gasteiger partial charge in [0, 0.05) is 0 Å². The first kappa shape index (κ1) is 10.6. The molecule has 0 amide bonds. The van der Waals surface area contributed by atoms with Crippen molar-refractivity contribution in [2.45, 2.75) is 13.5 Å². The molecule has 0 saturated heterocycles. The van der Waals surface area contributed by atoms with Crippen molar-refractivity contribution in [3.05, 3.63) is 30.1 Å². The minimum Gasteiger partial charge on any atom is -0.492 e. The predicted octanol–water partition coefficient (Wildman–Crippen LogP) is 0.520. The highest BCUT2D eigenvalue weighted by atomic mass is 16.5. The molecule has 0 spiro atoms. The Morgan fingerprint density at radius 2 is 2.19 bits per heavy atom. The van der Waals surface area contributed by atoms with Crippen molar-refractivity contribution < 1.29 is 4.74 Å². The Morgan fingerprint density at radius 1 is 1.38 bits per heavy atom. The van der Waals surface area contributed by atoms with E-state index in [1.54, 1.807) is 4.68 Å². The van der Waals surface area contributed by atoms with E-state index in [-0.39, 0.29) is 6.54 Å². The van der Waals surface area contributed by atoms with Gasteiger partial charge in [0.15, 0.2) is 5.82 Å². The van der Waals surface area contributed by atoms with Crippen molar-refractivity contribution >= 4 is 0 Å². The van der Waals surface area contributed by atoms with Crippen LogP contribution < -0.4 is 10.5 Å². The summed E-state index contributed by atoms with van der Waals surface area (Å²) in [6.07, 6.45) is 0. The summed E-state index contributed by atoms with van der Waals surface area (Å²) in [5, 5.41) is 11.3. The number of benzene rings is 1. The zero-order valence-corrected chi connectivity index (χ0v) is 9.00. The van der Waals surface area contributed by atoms with Gasteiger partial charge in [0.2, 0.25) is 0 Å². The Kier molecular flexibility index (Phi) is 3.11. The average Bonchev–Trinajstić information content (AvgIpc) is 2.78. The Balaban J connectivity index is 2.46. The maximum atomic E-state index is 5.55. The third-order valence-electron chi connectivity index (χ3n) is 2.11. The summed E-state index contributed by atoms with van der Waals surface area (Å²) in [6.45, 7) is 2.81. The molecule has 1 aromatic carbocycles. The van der Waals surface area contributed by atoms with Gasteiger partial charge < -0.3 is 10.5 Å². The zero-order valence-electron chi connectivity index (χ0n) is 9.00. The first-order chi connectivity index (χ1) is 7.86. The van der Waals surface area contributed by atoms with E-state index in [1.165, 1.54) is 0 Å². The van der Waals surface area contributed by atoms with Crippen LogP contribution in [0.2, 0.25) is 0 Å². The van der Waals surface area contributed by atoms with Crippen molar-refractivity contribution in [1.29, 1.82) is 0 Å². The number of nitrogens with two attached hydrogens (primary N) is 1. The minimum absolute atomic E-state index is 0.285. The van der Waals surface area contributed by atoms with Crippen LogP contribution in [0.1, 0.15) is 12.7 Å². The normalized spacial score (nSPS) is 10.4. The van der Waals surface area contributed by atoms with E-state index in [2.05, 4.69) is 15.5 Å². The van der Waals surface area contributed by atoms with Crippen LogP contribution in [0, 0.1) is 0 Å². The molecule has 0 aliphatic heterocycles. The molecule has 6 heteroatoms. The molecule has 84 valence electrons. The number of ether oxygens (including phenoxy) is 1. The van der Waals surface area contributed by atoms with Crippen LogP contribution >= 0.6 is 0 Å². The van der Waals surface area contributed by atoms with Gasteiger partial charge in [-0.1, -0.05) is 12.1 Å². The molecule has 2 aromatic rings. The lowest BCUT2D eigenvalue weighted by Crippen LogP contribution is -2.09. The SMILES string of the molecule is CCOc1ccccc1-n1nnnc1CN. The Hall–Kier alpha value is -1.95. The molecular weight excluding hydrogens is 206 g/mol. The van der Waals surface area contributed by atoms with Crippen molar-refractivity contribution in [2.24, 2.45) is 5.73 Å². The van der Waals surface area contributed by atoms with Gasteiger partial charge in [-0.2, -0.15) is 4.68 Å². The summed E-state index contributed by atoms with van der Waals surface area (Å²) in [5.41, 5.74) is 6.35. The summed E-state index contributed by atoms with van der Waals surface area (Å²) in [5.74, 6) is 1.35. The fraction of sp³-hybridized carbons (Fsp3) is 0.300. The van der Waals surface area contributed by atoms with Gasteiger partial charge >= 0.3 is 0 Å². The highest BCUT2D eigenvalue weighted by Gasteiger charge is 2.10. The molecule has 1 heterocycles. The highest BCUT2D eigenvalue weighted by molar-refractivity contribution is 5.46. The van der Waals surface area contributed by atoms with Crippen molar-refractivity contribution in [2.75, 3.05) is 6.61 Å². The van der Waals surface area contributed by atoms with E-state index in [1.807, 2.05) is 31.2 Å². The lowest BCUT2D eigenvalue weighted by atomic mass is 10.3. The Bertz CT molecular complexity index is 468. The van der Waals surface area contributed by atoms with Crippen molar-refractivity contribution in [1.82, 2.24) is 20.2 Å². The third kappa shape index (κ3) is 1.87. The molecule has 6 nitrogen and oxygen atoms in total. The van der Waals surface area contributed by atoms with Gasteiger partial charge in [-0.05, 0) is 29.5 Å². The number of aromatic nitrogens is 4. The topological polar surface area (TPSA) is 78.8 Å². The van der Waals surface area contributed by atoms with Gasteiger partial charge in [0.25, 0.3) is 0 Å². The molecule has 2 rings (SSSR count). The monoisotopic (exact) mass is 219 g/mol. The first-order valence-corrected chi connectivity index (χ1v) is 5.06. The Labute approximate surface area is 93.0 Å². The van der Waals surface area contributed by atoms with Crippen LogP contribution in [0.4, 0.5) is 0 Å². The summed E-state index contributed by atoms with van der Waals surface area (Å²) < 4.78 is 7.09. The third-order valence-corrected chi connectivity index (χ3v) is 2.11. The molecule has 2 N–H and O–H groups in total. The summed E-state index contributed by atoms with van der Waals surface area (Å²) in [7, 11) is 0. The molecule has 16 heavy (non-hydrogen) atoms. The molecule has 0 atom stereocenters. The smallest absolute Gasteiger partial charge is 0.170 e. The average molecular weight is 219 g/mol. The summed E-state index contributed by atoms with van der Waals surface area (Å²) in [6, 6.07) is 7.57. The Morgan fingerprint density at radius 3 is 2.94 bits per heavy atom. The van der Waals surface area contributed by atoms with E-state index in [9.17, 15) is 0 Å². The van der Waals surface area contributed by atoms with E-state index >= 15 is 0 Å². The lowest BCUT2D eigenvalue weighted by molar-refractivity contribution is 0.338. The van der Waals surface area contributed by atoms with Gasteiger partial charge in [-0.3, -0.25) is 0 Å². The van der Waals surface area contributed by atoms with Crippen LogP contribution in [0.25, 0.3) is 5.69 Å².